The number of nitrogens with zero attached hydrogens (tertiary/aromatic N) is 3. The quantitative estimate of drug-likeness (QED) is 0.263. The van der Waals surface area contributed by atoms with Gasteiger partial charge in [0.05, 0.1) is 17.6 Å². The van der Waals surface area contributed by atoms with Crippen LogP contribution in [0.15, 0.2) is 84.9 Å². The first-order valence-corrected chi connectivity index (χ1v) is 11.4. The van der Waals surface area contributed by atoms with Crippen LogP contribution in [0.4, 0.5) is 11.5 Å². The van der Waals surface area contributed by atoms with Gasteiger partial charge < -0.3 is 15.8 Å². The number of hydrogen-bond acceptors (Lipinski definition) is 6. The minimum Gasteiger partial charge on any atom is -0.462 e. The Labute approximate surface area is 207 Å². The number of aromatic nitrogens is 3. The number of para-hydroxylation sites is 2. The highest BCUT2D eigenvalue weighted by Gasteiger charge is 2.25. The number of ether oxygens (including phenoxy) is 1. The number of esters is 1. The fourth-order valence-corrected chi connectivity index (χ4v) is 3.94. The Morgan fingerprint density at radius 2 is 1.61 bits per heavy atom. The lowest BCUT2D eigenvalue weighted by molar-refractivity contribution is -0.111. The highest BCUT2D eigenvalue weighted by molar-refractivity contribution is 6.09. The van der Waals surface area contributed by atoms with Gasteiger partial charge in [-0.2, -0.15) is 0 Å². The number of fused-ring (bicyclic) bond motifs is 2. The average molecular weight is 478 g/mol. The monoisotopic (exact) mass is 477 g/mol. The number of nitrogens with two attached hydrogens (primary N) is 1. The standard InChI is InChI=1S/C28H23N5O3/c1-2-36-28(35)24-25-27(32-22-11-7-6-10-21(22)31-25)33(26(24)29)20-15-13-19(14-16-20)30-23(34)17-12-18-8-4-3-5-9-18/h3-17H,2,29H2,1H3,(H,30,34). The van der Waals surface area contributed by atoms with E-state index in [4.69, 9.17) is 15.5 Å². The number of rotatable bonds is 6. The van der Waals surface area contributed by atoms with Crippen LogP contribution in [-0.2, 0) is 9.53 Å². The molecule has 3 aromatic carbocycles. The molecule has 0 aliphatic heterocycles. The van der Waals surface area contributed by atoms with Crippen molar-refractivity contribution in [2.45, 2.75) is 6.92 Å². The highest BCUT2D eigenvalue weighted by atomic mass is 16.5. The molecule has 0 atom stereocenters. The van der Waals surface area contributed by atoms with Gasteiger partial charge in [0, 0.05) is 17.5 Å². The number of hydrogen-bond donors (Lipinski definition) is 2. The van der Waals surface area contributed by atoms with Crippen molar-refractivity contribution in [2.24, 2.45) is 0 Å². The van der Waals surface area contributed by atoms with Crippen LogP contribution in [0.1, 0.15) is 22.8 Å². The van der Waals surface area contributed by atoms with Gasteiger partial charge in [-0.1, -0.05) is 42.5 Å². The maximum Gasteiger partial charge on any atom is 0.344 e. The van der Waals surface area contributed by atoms with Gasteiger partial charge in [-0.25, -0.2) is 14.8 Å². The van der Waals surface area contributed by atoms with E-state index in [9.17, 15) is 9.59 Å². The van der Waals surface area contributed by atoms with E-state index in [2.05, 4.69) is 10.3 Å². The normalized spacial score (nSPS) is 11.2. The molecule has 0 unspecified atom stereocenters. The number of nitrogens with one attached hydrogen (secondary N) is 1. The molecule has 0 saturated carbocycles. The predicted molar refractivity (Wildman–Crippen MR) is 141 cm³/mol. The third kappa shape index (κ3) is 4.39. The molecule has 0 aliphatic rings. The van der Waals surface area contributed by atoms with Crippen molar-refractivity contribution in [3.05, 3.63) is 96.1 Å². The van der Waals surface area contributed by atoms with Crippen molar-refractivity contribution in [3.8, 4) is 5.69 Å². The van der Waals surface area contributed by atoms with Gasteiger partial charge in [-0.3, -0.25) is 9.36 Å². The van der Waals surface area contributed by atoms with E-state index in [-0.39, 0.29) is 23.9 Å². The summed E-state index contributed by atoms with van der Waals surface area (Å²) in [6, 6.07) is 24.1. The first-order valence-electron chi connectivity index (χ1n) is 11.4. The molecule has 2 aromatic heterocycles. The zero-order valence-electron chi connectivity index (χ0n) is 19.5. The first kappa shape index (κ1) is 22.8. The summed E-state index contributed by atoms with van der Waals surface area (Å²) in [5.74, 6) is -0.627. The summed E-state index contributed by atoms with van der Waals surface area (Å²) < 4.78 is 6.91. The molecule has 8 heteroatoms. The first-order chi connectivity index (χ1) is 17.5. The molecular formula is C28H23N5O3. The fraction of sp³-hybridized carbons (Fsp3) is 0.0714. The summed E-state index contributed by atoms with van der Waals surface area (Å²) in [5.41, 5.74) is 11.0. The molecule has 0 fully saturated rings. The second kappa shape index (κ2) is 9.71. The van der Waals surface area contributed by atoms with Gasteiger partial charge in [0.25, 0.3) is 0 Å². The van der Waals surface area contributed by atoms with E-state index in [1.807, 2.05) is 54.6 Å². The molecular weight excluding hydrogens is 454 g/mol. The molecule has 8 nitrogen and oxygen atoms in total. The number of amides is 1. The molecule has 2 heterocycles. The number of nitrogen functional groups attached to an aromatic ring is 1. The number of anilines is 2. The SMILES string of the molecule is CCOC(=O)c1c(N)n(-c2ccc(NC(=O)C=Cc3ccccc3)cc2)c2nc3ccccc3nc12. The smallest absolute Gasteiger partial charge is 0.344 e. The Morgan fingerprint density at radius 3 is 2.31 bits per heavy atom. The Hall–Kier alpha value is -4.98. The summed E-state index contributed by atoms with van der Waals surface area (Å²) in [5, 5.41) is 2.84. The predicted octanol–water partition coefficient (Wildman–Crippen LogP) is 4.98. The Kier molecular flexibility index (Phi) is 6.15. The molecule has 0 saturated heterocycles. The second-order valence-electron chi connectivity index (χ2n) is 7.98. The Balaban J connectivity index is 1.50. The molecule has 0 spiro atoms. The van der Waals surface area contributed by atoms with Crippen molar-refractivity contribution < 1.29 is 14.3 Å². The van der Waals surface area contributed by atoms with Crippen molar-refractivity contribution in [1.82, 2.24) is 14.5 Å². The van der Waals surface area contributed by atoms with Crippen LogP contribution in [0, 0.1) is 0 Å². The highest BCUT2D eigenvalue weighted by Crippen LogP contribution is 2.32. The van der Waals surface area contributed by atoms with Crippen molar-refractivity contribution in [3.63, 3.8) is 0 Å². The van der Waals surface area contributed by atoms with Crippen LogP contribution in [0.3, 0.4) is 0 Å². The van der Waals surface area contributed by atoms with Gasteiger partial charge in [0.1, 0.15) is 16.9 Å². The Morgan fingerprint density at radius 1 is 0.944 bits per heavy atom. The van der Waals surface area contributed by atoms with Gasteiger partial charge in [0.2, 0.25) is 5.91 Å². The summed E-state index contributed by atoms with van der Waals surface area (Å²) >= 11 is 0. The molecule has 0 radical (unpaired) electrons. The van der Waals surface area contributed by atoms with E-state index in [1.54, 1.807) is 41.8 Å². The Bertz CT molecular complexity index is 1610. The van der Waals surface area contributed by atoms with Gasteiger partial charge in [-0.15, -0.1) is 0 Å². The molecule has 0 aliphatic carbocycles. The van der Waals surface area contributed by atoms with Gasteiger partial charge in [0.15, 0.2) is 5.65 Å². The van der Waals surface area contributed by atoms with E-state index >= 15 is 0 Å². The number of carbonyl (C=O) groups excluding carboxylic acids is 2. The second-order valence-corrected chi connectivity index (χ2v) is 7.98. The van der Waals surface area contributed by atoms with Crippen LogP contribution < -0.4 is 11.1 Å². The minimum atomic E-state index is -0.558. The largest absolute Gasteiger partial charge is 0.462 e. The van der Waals surface area contributed by atoms with Crippen LogP contribution in [0.2, 0.25) is 0 Å². The average Bonchev–Trinajstić information content (AvgIpc) is 3.18. The number of carbonyl (C=O) groups is 2. The third-order valence-electron chi connectivity index (χ3n) is 5.60. The third-order valence-corrected chi connectivity index (χ3v) is 5.60. The molecule has 5 rings (SSSR count). The molecule has 0 bridgehead atoms. The van der Waals surface area contributed by atoms with Crippen LogP contribution in [0.5, 0.6) is 0 Å². The maximum atomic E-state index is 12.8. The van der Waals surface area contributed by atoms with E-state index in [1.165, 1.54) is 6.08 Å². The van der Waals surface area contributed by atoms with E-state index < -0.39 is 5.97 Å². The minimum absolute atomic E-state index is 0.175. The van der Waals surface area contributed by atoms with Crippen LogP contribution >= 0.6 is 0 Å². The zero-order valence-corrected chi connectivity index (χ0v) is 19.5. The molecule has 1 amide bonds. The van der Waals surface area contributed by atoms with Crippen molar-refractivity contribution in [1.29, 1.82) is 0 Å². The topological polar surface area (TPSA) is 112 Å². The molecule has 3 N–H and O–H groups in total. The lowest BCUT2D eigenvalue weighted by atomic mass is 10.2. The summed E-state index contributed by atoms with van der Waals surface area (Å²) in [6.07, 6.45) is 3.23. The summed E-state index contributed by atoms with van der Waals surface area (Å²) in [4.78, 5) is 34.5. The van der Waals surface area contributed by atoms with Crippen LogP contribution in [-0.4, -0.2) is 33.0 Å². The van der Waals surface area contributed by atoms with Gasteiger partial charge >= 0.3 is 5.97 Å². The lowest BCUT2D eigenvalue weighted by Crippen LogP contribution is -2.09. The van der Waals surface area contributed by atoms with Crippen molar-refractivity contribution in [2.75, 3.05) is 17.7 Å². The molecule has 36 heavy (non-hydrogen) atoms. The summed E-state index contributed by atoms with van der Waals surface area (Å²) in [6.45, 7) is 1.94. The molecule has 178 valence electrons. The van der Waals surface area contributed by atoms with Gasteiger partial charge in [-0.05, 0) is 55.0 Å². The van der Waals surface area contributed by atoms with E-state index in [0.717, 1.165) is 5.56 Å². The fourth-order valence-electron chi connectivity index (χ4n) is 3.94. The van der Waals surface area contributed by atoms with E-state index in [0.29, 0.717) is 33.6 Å². The van der Waals surface area contributed by atoms with Crippen molar-refractivity contribution >= 4 is 51.7 Å². The van der Waals surface area contributed by atoms with Crippen LogP contribution in [0.25, 0.3) is 34.0 Å². The summed E-state index contributed by atoms with van der Waals surface area (Å²) in [7, 11) is 0. The molecule has 5 aromatic rings. The zero-order chi connectivity index (χ0) is 25.1. The lowest BCUT2D eigenvalue weighted by Gasteiger charge is -2.09. The number of benzene rings is 3. The maximum absolute atomic E-state index is 12.8.